The molecule has 1 atom stereocenters. The molecule has 10 heteroatoms. The number of thioether (sulfide) groups is 1. The van der Waals surface area contributed by atoms with E-state index >= 15 is 0 Å². The molecule has 1 unspecified atom stereocenters. The normalized spacial score (nSPS) is 16.2. The first-order valence-corrected chi connectivity index (χ1v) is 12.7. The minimum Gasteiger partial charge on any atom is -0.466 e. The predicted octanol–water partition coefficient (Wildman–Crippen LogP) is 3.37. The van der Waals surface area contributed by atoms with Gasteiger partial charge < -0.3 is 14.4 Å². The summed E-state index contributed by atoms with van der Waals surface area (Å²) in [5.41, 5.74) is 0.340. The predicted molar refractivity (Wildman–Crippen MR) is 129 cm³/mol. The second-order valence-corrected chi connectivity index (χ2v) is 9.16. The van der Waals surface area contributed by atoms with Gasteiger partial charge in [0.1, 0.15) is 0 Å². The molecule has 1 aromatic heterocycles. The average molecular weight is 496 g/mol. The van der Waals surface area contributed by atoms with E-state index in [4.69, 9.17) is 21.1 Å². The molecule has 0 aliphatic carbocycles. The zero-order valence-corrected chi connectivity index (χ0v) is 20.6. The highest BCUT2D eigenvalue weighted by atomic mass is 35.5. The van der Waals surface area contributed by atoms with Crippen LogP contribution >= 0.6 is 23.4 Å². The van der Waals surface area contributed by atoms with Gasteiger partial charge in [0.05, 0.1) is 29.2 Å². The SMILES string of the molecule is CCOCCCn1c(SCC(=O)N2CCCC(C(=O)OCC)C2)nc2cc(Cl)ccc2c1=O. The van der Waals surface area contributed by atoms with Gasteiger partial charge in [-0.05, 0) is 51.3 Å². The topological polar surface area (TPSA) is 90.7 Å². The van der Waals surface area contributed by atoms with Gasteiger partial charge in [0.15, 0.2) is 5.16 Å². The van der Waals surface area contributed by atoms with Crippen LogP contribution in [0.5, 0.6) is 0 Å². The van der Waals surface area contributed by atoms with E-state index in [1.54, 1.807) is 34.6 Å². The molecule has 8 nitrogen and oxygen atoms in total. The van der Waals surface area contributed by atoms with E-state index in [1.165, 1.54) is 11.8 Å². The Morgan fingerprint density at radius 3 is 2.85 bits per heavy atom. The highest BCUT2D eigenvalue weighted by Crippen LogP contribution is 2.23. The van der Waals surface area contributed by atoms with Crippen molar-refractivity contribution >= 4 is 46.1 Å². The number of fused-ring (bicyclic) bond motifs is 1. The Kier molecular flexibility index (Phi) is 9.58. The summed E-state index contributed by atoms with van der Waals surface area (Å²) in [5.74, 6) is -0.501. The van der Waals surface area contributed by atoms with Gasteiger partial charge in [-0.1, -0.05) is 23.4 Å². The van der Waals surface area contributed by atoms with Crippen LogP contribution < -0.4 is 5.56 Å². The van der Waals surface area contributed by atoms with Crippen molar-refractivity contribution in [2.24, 2.45) is 5.92 Å². The third-order valence-corrected chi connectivity index (χ3v) is 6.67. The van der Waals surface area contributed by atoms with Crippen molar-refractivity contribution < 1.29 is 19.1 Å². The van der Waals surface area contributed by atoms with E-state index in [2.05, 4.69) is 4.98 Å². The Morgan fingerprint density at radius 2 is 2.09 bits per heavy atom. The Labute approximate surface area is 202 Å². The van der Waals surface area contributed by atoms with Crippen molar-refractivity contribution in [1.82, 2.24) is 14.5 Å². The summed E-state index contributed by atoms with van der Waals surface area (Å²) in [6.45, 7) is 6.59. The number of rotatable bonds is 10. The van der Waals surface area contributed by atoms with Gasteiger partial charge in [-0.25, -0.2) is 4.98 Å². The summed E-state index contributed by atoms with van der Waals surface area (Å²) in [6.07, 6.45) is 2.14. The van der Waals surface area contributed by atoms with E-state index in [9.17, 15) is 14.4 Å². The van der Waals surface area contributed by atoms with Gasteiger partial charge in [-0.3, -0.25) is 19.0 Å². The molecular formula is C23H30ClN3O5S. The van der Waals surface area contributed by atoms with Gasteiger partial charge in [0.25, 0.3) is 5.56 Å². The maximum absolute atomic E-state index is 13.1. The number of nitrogens with zero attached hydrogens (tertiary/aromatic N) is 3. The number of likely N-dealkylation sites (tertiary alicyclic amines) is 1. The van der Waals surface area contributed by atoms with Crippen molar-refractivity contribution in [2.45, 2.75) is 44.8 Å². The van der Waals surface area contributed by atoms with Crippen molar-refractivity contribution in [3.63, 3.8) is 0 Å². The van der Waals surface area contributed by atoms with Crippen molar-refractivity contribution in [2.75, 3.05) is 38.7 Å². The van der Waals surface area contributed by atoms with E-state index in [1.807, 2.05) is 6.92 Å². The van der Waals surface area contributed by atoms with Crippen LogP contribution in [0.15, 0.2) is 28.2 Å². The van der Waals surface area contributed by atoms with Gasteiger partial charge in [-0.15, -0.1) is 0 Å². The number of carbonyl (C=O) groups is 2. The number of halogens is 1. The fraction of sp³-hybridized carbons (Fsp3) is 0.565. The Bertz CT molecular complexity index is 1040. The molecule has 180 valence electrons. The zero-order chi connectivity index (χ0) is 23.8. The molecule has 1 aliphatic rings. The van der Waals surface area contributed by atoms with Crippen LogP contribution in [0.3, 0.4) is 0 Å². The third-order valence-electron chi connectivity index (χ3n) is 5.48. The summed E-state index contributed by atoms with van der Waals surface area (Å²) >= 11 is 7.33. The molecule has 0 N–H and O–H groups in total. The van der Waals surface area contributed by atoms with E-state index in [-0.39, 0.29) is 29.1 Å². The molecule has 1 amide bonds. The molecule has 33 heavy (non-hydrogen) atoms. The molecule has 0 spiro atoms. The third kappa shape index (κ3) is 6.71. The lowest BCUT2D eigenvalue weighted by Gasteiger charge is -2.31. The van der Waals surface area contributed by atoms with Crippen LogP contribution in [0.1, 0.15) is 33.1 Å². The molecule has 2 aromatic rings. The standard InChI is InChI=1S/C23H30ClN3O5S/c1-3-31-12-6-11-27-21(29)18-9-8-17(24)13-19(18)25-23(27)33-15-20(28)26-10-5-7-16(14-26)22(30)32-4-2/h8-9,13,16H,3-7,10-12,14-15H2,1-2H3. The molecule has 1 saturated heterocycles. The number of piperidine rings is 1. The first-order valence-electron chi connectivity index (χ1n) is 11.3. The quantitative estimate of drug-likeness (QED) is 0.216. The number of aromatic nitrogens is 2. The van der Waals surface area contributed by atoms with Crippen molar-refractivity contribution in [3.05, 3.63) is 33.6 Å². The van der Waals surface area contributed by atoms with Gasteiger partial charge >= 0.3 is 5.97 Å². The van der Waals surface area contributed by atoms with Crippen LogP contribution in [-0.2, 0) is 25.6 Å². The first-order chi connectivity index (χ1) is 15.9. The molecule has 1 aromatic carbocycles. The molecular weight excluding hydrogens is 466 g/mol. The van der Waals surface area contributed by atoms with Crippen LogP contribution in [0.4, 0.5) is 0 Å². The van der Waals surface area contributed by atoms with E-state index in [0.717, 1.165) is 12.8 Å². The largest absolute Gasteiger partial charge is 0.466 e. The first kappa shape index (κ1) is 25.5. The number of amides is 1. The second kappa shape index (κ2) is 12.4. The lowest BCUT2D eigenvalue weighted by Crippen LogP contribution is -2.43. The molecule has 1 fully saturated rings. The summed E-state index contributed by atoms with van der Waals surface area (Å²) < 4.78 is 12.1. The maximum Gasteiger partial charge on any atom is 0.310 e. The number of hydrogen-bond donors (Lipinski definition) is 0. The van der Waals surface area contributed by atoms with E-state index in [0.29, 0.717) is 67.0 Å². The molecule has 0 saturated carbocycles. The highest BCUT2D eigenvalue weighted by Gasteiger charge is 2.29. The number of benzene rings is 1. The van der Waals surface area contributed by atoms with Crippen LogP contribution in [0, 0.1) is 5.92 Å². The summed E-state index contributed by atoms with van der Waals surface area (Å²) in [4.78, 5) is 44.5. The number of esters is 1. The second-order valence-electron chi connectivity index (χ2n) is 7.78. The van der Waals surface area contributed by atoms with Gasteiger partial charge in [0, 0.05) is 37.9 Å². The summed E-state index contributed by atoms with van der Waals surface area (Å²) in [5, 5.41) is 1.45. The fourth-order valence-corrected chi connectivity index (χ4v) is 4.92. The van der Waals surface area contributed by atoms with Crippen LogP contribution in [-0.4, -0.2) is 65.0 Å². The van der Waals surface area contributed by atoms with Crippen molar-refractivity contribution in [3.8, 4) is 0 Å². The monoisotopic (exact) mass is 495 g/mol. The Balaban J connectivity index is 1.75. The lowest BCUT2D eigenvalue weighted by atomic mass is 9.98. The number of ether oxygens (including phenoxy) is 2. The zero-order valence-electron chi connectivity index (χ0n) is 19.0. The number of hydrogen-bond acceptors (Lipinski definition) is 7. The highest BCUT2D eigenvalue weighted by molar-refractivity contribution is 7.99. The average Bonchev–Trinajstić information content (AvgIpc) is 2.81. The molecule has 0 bridgehead atoms. The Morgan fingerprint density at radius 1 is 1.27 bits per heavy atom. The summed E-state index contributed by atoms with van der Waals surface area (Å²) in [7, 11) is 0. The minimum absolute atomic E-state index is 0.0877. The van der Waals surface area contributed by atoms with E-state index < -0.39 is 0 Å². The smallest absolute Gasteiger partial charge is 0.310 e. The molecule has 2 heterocycles. The van der Waals surface area contributed by atoms with Gasteiger partial charge in [-0.2, -0.15) is 0 Å². The molecule has 3 rings (SSSR count). The number of carbonyl (C=O) groups excluding carboxylic acids is 2. The van der Waals surface area contributed by atoms with Crippen molar-refractivity contribution in [1.29, 1.82) is 0 Å². The maximum atomic E-state index is 13.1. The Hall–Kier alpha value is -2.10. The fourth-order valence-electron chi connectivity index (χ4n) is 3.82. The van der Waals surface area contributed by atoms with Crippen LogP contribution in [0.25, 0.3) is 10.9 Å². The minimum atomic E-state index is -0.287. The molecule has 0 radical (unpaired) electrons. The lowest BCUT2D eigenvalue weighted by molar-refractivity contribution is -0.151. The van der Waals surface area contributed by atoms with Gasteiger partial charge in [0.2, 0.25) is 5.91 Å². The summed E-state index contributed by atoms with van der Waals surface area (Å²) in [6, 6.07) is 5.00. The molecule has 1 aliphatic heterocycles. The van der Waals surface area contributed by atoms with Crippen LogP contribution in [0.2, 0.25) is 5.02 Å².